The first kappa shape index (κ1) is 16.5. The molecule has 6 heteroatoms. The number of nitrogens with zero attached hydrogens (tertiary/aromatic N) is 1. The van der Waals surface area contributed by atoms with Gasteiger partial charge in [-0.15, -0.1) is 0 Å². The normalized spacial score (nSPS) is 24.6. The molecular formula is C18H21NO5. The van der Waals surface area contributed by atoms with Crippen LogP contribution in [0.5, 0.6) is 5.75 Å². The van der Waals surface area contributed by atoms with Gasteiger partial charge in [-0.1, -0.05) is 25.0 Å². The van der Waals surface area contributed by atoms with Crippen molar-refractivity contribution >= 4 is 17.8 Å². The van der Waals surface area contributed by atoms with Gasteiger partial charge in [0.25, 0.3) is 0 Å². The van der Waals surface area contributed by atoms with Gasteiger partial charge in [-0.3, -0.25) is 19.3 Å². The summed E-state index contributed by atoms with van der Waals surface area (Å²) in [6.07, 6.45) is 3.10. The molecule has 2 aliphatic rings. The van der Waals surface area contributed by atoms with Crippen LogP contribution in [0.3, 0.4) is 0 Å². The minimum Gasteiger partial charge on any atom is -0.497 e. The number of likely N-dealkylation sites (tertiary alicyclic amines) is 1. The van der Waals surface area contributed by atoms with Gasteiger partial charge in [0, 0.05) is 12.5 Å². The first-order valence-electron chi connectivity index (χ1n) is 8.21. The van der Waals surface area contributed by atoms with E-state index < -0.39 is 17.8 Å². The van der Waals surface area contributed by atoms with E-state index in [9.17, 15) is 19.5 Å². The zero-order valence-electron chi connectivity index (χ0n) is 13.7. The molecule has 2 fully saturated rings. The molecule has 0 bridgehead atoms. The van der Waals surface area contributed by atoms with Crippen molar-refractivity contribution < 1.29 is 24.2 Å². The van der Waals surface area contributed by atoms with Gasteiger partial charge in [0.05, 0.1) is 18.9 Å². The highest BCUT2D eigenvalue weighted by molar-refractivity contribution is 6.10. The number of methoxy groups -OCH3 is 1. The topological polar surface area (TPSA) is 83.9 Å². The molecule has 128 valence electrons. The molecule has 1 aromatic carbocycles. The summed E-state index contributed by atoms with van der Waals surface area (Å²) in [5.41, 5.74) is -0.803. The second-order valence-electron chi connectivity index (χ2n) is 6.57. The van der Waals surface area contributed by atoms with Crippen LogP contribution < -0.4 is 4.74 Å². The van der Waals surface area contributed by atoms with E-state index >= 15 is 0 Å². The number of rotatable bonds is 5. The minimum atomic E-state index is -1.33. The number of ether oxygens (including phenoxy) is 1. The van der Waals surface area contributed by atoms with Gasteiger partial charge >= 0.3 is 5.97 Å². The highest BCUT2D eigenvalue weighted by atomic mass is 16.5. The molecule has 1 atom stereocenters. The third kappa shape index (κ3) is 2.66. The highest BCUT2D eigenvalue weighted by Crippen LogP contribution is 2.43. The standard InChI is InChI=1S/C18H21NO5/c1-24-14-8-4-5-12(9-14)18(11-16(21)22)10-15(20)19(17(18)23)13-6-2-3-7-13/h4-5,8-9,13H,2-3,6-7,10-11H2,1H3,(H,21,22)/t18-/m0/s1. The monoisotopic (exact) mass is 331 g/mol. The lowest BCUT2D eigenvalue weighted by molar-refractivity contribution is -0.146. The predicted molar refractivity (Wildman–Crippen MR) is 85.7 cm³/mol. The van der Waals surface area contributed by atoms with Gasteiger partial charge in [0.1, 0.15) is 5.75 Å². The van der Waals surface area contributed by atoms with Gasteiger partial charge in [-0.25, -0.2) is 0 Å². The number of carboxylic acid groups (broad SMARTS) is 1. The summed E-state index contributed by atoms with van der Waals surface area (Å²) < 4.78 is 5.20. The van der Waals surface area contributed by atoms with Crippen LogP contribution in [0.15, 0.2) is 24.3 Å². The molecule has 1 aliphatic carbocycles. The van der Waals surface area contributed by atoms with Gasteiger partial charge in [-0.2, -0.15) is 0 Å². The Hall–Kier alpha value is -2.37. The Morgan fingerprint density at radius 2 is 2.04 bits per heavy atom. The number of imide groups is 1. The maximum atomic E-state index is 13.2. The number of benzene rings is 1. The second kappa shape index (κ2) is 6.26. The number of aliphatic carboxylic acids is 1. The lowest BCUT2D eigenvalue weighted by Crippen LogP contribution is -2.44. The molecule has 1 N–H and O–H groups in total. The Labute approximate surface area is 140 Å². The summed E-state index contributed by atoms with van der Waals surface area (Å²) in [6.45, 7) is 0. The number of carbonyl (C=O) groups excluding carboxylic acids is 2. The van der Waals surface area contributed by atoms with Crippen molar-refractivity contribution in [2.45, 2.75) is 50.0 Å². The maximum absolute atomic E-state index is 13.2. The molecule has 0 radical (unpaired) electrons. The molecule has 1 aliphatic heterocycles. The van der Waals surface area contributed by atoms with Crippen LogP contribution in [-0.4, -0.2) is 40.9 Å². The smallest absolute Gasteiger partial charge is 0.304 e. The zero-order valence-corrected chi connectivity index (χ0v) is 13.7. The molecule has 24 heavy (non-hydrogen) atoms. The Morgan fingerprint density at radius 3 is 2.67 bits per heavy atom. The van der Waals surface area contributed by atoms with Crippen molar-refractivity contribution in [3.63, 3.8) is 0 Å². The van der Waals surface area contributed by atoms with E-state index in [2.05, 4.69) is 0 Å². The lowest BCUT2D eigenvalue weighted by atomic mass is 9.76. The van der Waals surface area contributed by atoms with E-state index in [1.807, 2.05) is 0 Å². The Kier molecular flexibility index (Phi) is 4.30. The SMILES string of the molecule is COc1cccc([C@@]2(CC(=O)O)CC(=O)N(C3CCCC3)C2=O)c1. The van der Waals surface area contributed by atoms with E-state index in [0.29, 0.717) is 11.3 Å². The number of hydrogen-bond acceptors (Lipinski definition) is 4. The van der Waals surface area contributed by atoms with Crippen LogP contribution in [-0.2, 0) is 19.8 Å². The third-order valence-corrected chi connectivity index (χ3v) is 5.12. The molecular weight excluding hydrogens is 310 g/mol. The summed E-state index contributed by atoms with van der Waals surface area (Å²) in [6, 6.07) is 6.72. The van der Waals surface area contributed by atoms with Crippen LogP contribution in [0.4, 0.5) is 0 Å². The number of amides is 2. The molecule has 0 spiro atoms. The molecule has 6 nitrogen and oxygen atoms in total. The maximum Gasteiger partial charge on any atom is 0.304 e. The summed E-state index contributed by atoms with van der Waals surface area (Å²) in [4.78, 5) is 38.5. The third-order valence-electron chi connectivity index (χ3n) is 5.12. The van der Waals surface area contributed by atoms with E-state index in [1.165, 1.54) is 12.0 Å². The fourth-order valence-electron chi connectivity index (χ4n) is 3.94. The number of hydrogen-bond donors (Lipinski definition) is 1. The molecule has 1 aromatic rings. The molecule has 1 heterocycles. The van der Waals surface area contributed by atoms with Gasteiger partial charge in [-0.05, 0) is 30.5 Å². The van der Waals surface area contributed by atoms with Crippen LogP contribution in [0.25, 0.3) is 0 Å². The first-order chi connectivity index (χ1) is 11.5. The molecule has 0 unspecified atom stereocenters. The minimum absolute atomic E-state index is 0.0914. The summed E-state index contributed by atoms with van der Waals surface area (Å²) in [5, 5.41) is 9.37. The number of carboxylic acids is 1. The van der Waals surface area contributed by atoms with Crippen LogP contribution in [0, 0.1) is 0 Å². The molecule has 2 amide bonds. The van der Waals surface area contributed by atoms with Crippen molar-refractivity contribution in [3.8, 4) is 5.75 Å². The van der Waals surface area contributed by atoms with Gasteiger partial charge in [0.2, 0.25) is 11.8 Å². The highest BCUT2D eigenvalue weighted by Gasteiger charge is 2.55. The summed E-state index contributed by atoms with van der Waals surface area (Å²) >= 11 is 0. The Bertz CT molecular complexity index is 680. The van der Waals surface area contributed by atoms with E-state index in [4.69, 9.17) is 4.74 Å². The number of carbonyl (C=O) groups is 3. The molecule has 3 rings (SSSR count). The fraction of sp³-hybridized carbons (Fsp3) is 0.500. The van der Waals surface area contributed by atoms with E-state index in [-0.39, 0.29) is 24.3 Å². The van der Waals surface area contributed by atoms with E-state index in [0.717, 1.165) is 25.7 Å². The first-order valence-corrected chi connectivity index (χ1v) is 8.21. The lowest BCUT2D eigenvalue weighted by Gasteiger charge is -2.28. The fourth-order valence-corrected chi connectivity index (χ4v) is 3.94. The average Bonchev–Trinajstić information content (AvgIpc) is 3.15. The second-order valence-corrected chi connectivity index (χ2v) is 6.57. The Morgan fingerprint density at radius 1 is 1.33 bits per heavy atom. The zero-order chi connectivity index (χ0) is 17.3. The van der Waals surface area contributed by atoms with Crippen LogP contribution >= 0.6 is 0 Å². The molecule has 1 saturated carbocycles. The summed E-state index contributed by atoms with van der Waals surface area (Å²) in [7, 11) is 1.51. The largest absolute Gasteiger partial charge is 0.497 e. The molecule has 1 saturated heterocycles. The average molecular weight is 331 g/mol. The Balaban J connectivity index is 2.04. The quantitative estimate of drug-likeness (QED) is 0.836. The van der Waals surface area contributed by atoms with Crippen molar-refractivity contribution in [2.24, 2.45) is 0 Å². The van der Waals surface area contributed by atoms with Gasteiger partial charge in [0.15, 0.2) is 0 Å². The van der Waals surface area contributed by atoms with Gasteiger partial charge < -0.3 is 9.84 Å². The van der Waals surface area contributed by atoms with Crippen LogP contribution in [0.1, 0.15) is 44.1 Å². The van der Waals surface area contributed by atoms with Crippen molar-refractivity contribution in [2.75, 3.05) is 7.11 Å². The van der Waals surface area contributed by atoms with Crippen LogP contribution in [0.2, 0.25) is 0 Å². The summed E-state index contributed by atoms with van der Waals surface area (Å²) in [5.74, 6) is -1.20. The van der Waals surface area contributed by atoms with E-state index in [1.54, 1.807) is 24.3 Å². The van der Waals surface area contributed by atoms with Crippen molar-refractivity contribution in [1.82, 2.24) is 4.90 Å². The molecule has 0 aromatic heterocycles. The van der Waals surface area contributed by atoms with Crippen molar-refractivity contribution in [1.29, 1.82) is 0 Å². The van der Waals surface area contributed by atoms with Crippen molar-refractivity contribution in [3.05, 3.63) is 29.8 Å². The predicted octanol–water partition coefficient (Wildman–Crippen LogP) is 2.11.